The van der Waals surface area contributed by atoms with E-state index in [1.807, 2.05) is 0 Å². The van der Waals surface area contributed by atoms with Gasteiger partial charge >= 0.3 is 0 Å². The van der Waals surface area contributed by atoms with E-state index in [4.69, 9.17) is 11.6 Å². The Morgan fingerprint density at radius 1 is 1.28 bits per heavy atom. The quantitative estimate of drug-likeness (QED) is 0.487. The van der Waals surface area contributed by atoms with Crippen LogP contribution in [-0.2, 0) is 6.42 Å². The van der Waals surface area contributed by atoms with Gasteiger partial charge in [-0.25, -0.2) is 8.78 Å². The van der Waals surface area contributed by atoms with Crippen LogP contribution in [0.15, 0.2) is 16.6 Å². The summed E-state index contributed by atoms with van der Waals surface area (Å²) in [5, 5.41) is -0.248. The SMILES string of the molecule is CC(C)(C)CCC(Cl)Cc1c(F)ccc(Br)c1F. The maximum atomic E-state index is 13.8. The molecule has 18 heavy (non-hydrogen) atoms. The molecule has 0 fully saturated rings. The van der Waals surface area contributed by atoms with Gasteiger partial charge in [0.25, 0.3) is 0 Å². The van der Waals surface area contributed by atoms with Gasteiger partial charge in [0.15, 0.2) is 0 Å². The normalized spacial score (nSPS) is 13.7. The second-order valence-corrected chi connectivity index (χ2v) is 7.19. The maximum Gasteiger partial charge on any atom is 0.143 e. The molecule has 0 saturated heterocycles. The zero-order chi connectivity index (χ0) is 13.9. The second kappa shape index (κ2) is 6.33. The molecule has 0 saturated carbocycles. The zero-order valence-corrected chi connectivity index (χ0v) is 13.2. The highest BCUT2D eigenvalue weighted by Crippen LogP contribution is 2.27. The Hall–Kier alpha value is -0.150. The summed E-state index contributed by atoms with van der Waals surface area (Å²) in [6.45, 7) is 6.37. The standard InChI is InChI=1S/C14H18BrClF2/c1-14(2,3)7-6-9(16)8-10-12(17)5-4-11(15)13(10)18/h4-5,9H,6-8H2,1-3H3. The van der Waals surface area contributed by atoms with Crippen molar-refractivity contribution in [3.8, 4) is 0 Å². The number of halogens is 4. The Bertz CT molecular complexity index is 413. The Kier molecular flexibility index (Phi) is 5.60. The fourth-order valence-corrected chi connectivity index (χ4v) is 2.30. The van der Waals surface area contributed by atoms with E-state index in [0.29, 0.717) is 0 Å². The van der Waals surface area contributed by atoms with Crippen LogP contribution in [0.5, 0.6) is 0 Å². The van der Waals surface area contributed by atoms with Crippen molar-refractivity contribution in [1.29, 1.82) is 0 Å². The Balaban J connectivity index is 2.70. The Morgan fingerprint density at radius 3 is 2.44 bits per heavy atom. The van der Waals surface area contributed by atoms with Gasteiger partial charge in [-0.15, -0.1) is 11.6 Å². The molecule has 0 N–H and O–H groups in total. The molecule has 1 atom stereocenters. The summed E-state index contributed by atoms with van der Waals surface area (Å²) in [5.41, 5.74) is 0.250. The van der Waals surface area contributed by atoms with E-state index in [1.54, 1.807) is 0 Å². The van der Waals surface area contributed by atoms with Gasteiger partial charge in [0.1, 0.15) is 11.6 Å². The Labute approximate surface area is 121 Å². The highest BCUT2D eigenvalue weighted by atomic mass is 79.9. The molecular weight excluding hydrogens is 322 g/mol. The van der Waals surface area contributed by atoms with Crippen LogP contribution in [0.3, 0.4) is 0 Å². The number of alkyl halides is 1. The summed E-state index contributed by atoms with van der Waals surface area (Å²) in [6.07, 6.45) is 1.89. The maximum absolute atomic E-state index is 13.8. The van der Waals surface area contributed by atoms with Crippen LogP contribution < -0.4 is 0 Å². The smallest absolute Gasteiger partial charge is 0.143 e. The molecule has 0 radical (unpaired) electrons. The minimum Gasteiger partial charge on any atom is -0.207 e. The van der Waals surface area contributed by atoms with E-state index in [-0.39, 0.29) is 27.2 Å². The first-order chi connectivity index (χ1) is 8.20. The number of rotatable bonds is 4. The molecule has 0 bridgehead atoms. The van der Waals surface area contributed by atoms with Crippen molar-refractivity contribution in [2.24, 2.45) is 5.41 Å². The van der Waals surface area contributed by atoms with Gasteiger partial charge in [0.05, 0.1) is 4.47 Å². The van der Waals surface area contributed by atoms with Crippen LogP contribution in [0, 0.1) is 17.0 Å². The number of benzene rings is 1. The molecule has 1 aromatic carbocycles. The molecule has 0 aliphatic rings. The Morgan fingerprint density at radius 2 is 1.89 bits per heavy atom. The lowest BCUT2D eigenvalue weighted by Crippen LogP contribution is -2.12. The van der Waals surface area contributed by atoms with Crippen molar-refractivity contribution in [2.75, 3.05) is 0 Å². The fraction of sp³-hybridized carbons (Fsp3) is 0.571. The predicted molar refractivity (Wildman–Crippen MR) is 76.1 cm³/mol. The van der Waals surface area contributed by atoms with Gasteiger partial charge in [0, 0.05) is 10.9 Å². The molecule has 0 aromatic heterocycles. The van der Waals surface area contributed by atoms with Gasteiger partial charge in [-0.2, -0.15) is 0 Å². The molecule has 1 aromatic rings. The molecule has 0 spiro atoms. The molecule has 102 valence electrons. The highest BCUT2D eigenvalue weighted by Gasteiger charge is 2.18. The largest absolute Gasteiger partial charge is 0.207 e. The first kappa shape index (κ1) is 15.9. The molecule has 1 unspecified atom stereocenters. The summed E-state index contributed by atoms with van der Waals surface area (Å²) in [4.78, 5) is 0. The van der Waals surface area contributed by atoms with Gasteiger partial charge in [0.2, 0.25) is 0 Å². The molecule has 0 aliphatic carbocycles. The average molecular weight is 340 g/mol. The molecule has 0 amide bonds. The van der Waals surface area contributed by atoms with E-state index < -0.39 is 11.6 Å². The summed E-state index contributed by atoms with van der Waals surface area (Å²) in [7, 11) is 0. The van der Waals surface area contributed by atoms with E-state index in [9.17, 15) is 8.78 Å². The van der Waals surface area contributed by atoms with Crippen LogP contribution >= 0.6 is 27.5 Å². The van der Waals surface area contributed by atoms with Crippen molar-refractivity contribution < 1.29 is 8.78 Å². The van der Waals surface area contributed by atoms with Crippen molar-refractivity contribution in [3.05, 3.63) is 33.8 Å². The third-order valence-electron chi connectivity index (χ3n) is 2.77. The van der Waals surface area contributed by atoms with Gasteiger partial charge in [-0.3, -0.25) is 0 Å². The lowest BCUT2D eigenvalue weighted by Gasteiger charge is -2.20. The zero-order valence-electron chi connectivity index (χ0n) is 10.9. The van der Waals surface area contributed by atoms with Crippen molar-refractivity contribution >= 4 is 27.5 Å². The molecule has 1 rings (SSSR count). The van der Waals surface area contributed by atoms with Crippen molar-refractivity contribution in [1.82, 2.24) is 0 Å². The van der Waals surface area contributed by atoms with Gasteiger partial charge in [-0.1, -0.05) is 20.8 Å². The molecule has 4 heteroatoms. The van der Waals surface area contributed by atoms with Crippen molar-refractivity contribution in [2.45, 2.75) is 45.4 Å². The van der Waals surface area contributed by atoms with E-state index in [2.05, 4.69) is 36.7 Å². The number of hydrogen-bond donors (Lipinski definition) is 0. The monoisotopic (exact) mass is 338 g/mol. The van der Waals surface area contributed by atoms with Crippen LogP contribution in [0.4, 0.5) is 8.78 Å². The molecule has 0 heterocycles. The summed E-state index contributed by atoms with van der Waals surface area (Å²) in [6, 6.07) is 2.63. The summed E-state index contributed by atoms with van der Waals surface area (Å²) < 4.78 is 27.6. The topological polar surface area (TPSA) is 0 Å². The molecule has 0 aliphatic heterocycles. The molecular formula is C14H18BrClF2. The minimum absolute atomic E-state index is 0.0679. The lowest BCUT2D eigenvalue weighted by atomic mass is 9.89. The van der Waals surface area contributed by atoms with Crippen LogP contribution in [0.1, 0.15) is 39.2 Å². The van der Waals surface area contributed by atoms with Gasteiger partial charge < -0.3 is 0 Å². The van der Waals surface area contributed by atoms with Crippen LogP contribution in [0.25, 0.3) is 0 Å². The molecule has 0 nitrogen and oxygen atoms in total. The predicted octanol–water partition coefficient (Wildman–Crippen LogP) is 5.70. The van der Waals surface area contributed by atoms with E-state index >= 15 is 0 Å². The third kappa shape index (κ3) is 4.85. The van der Waals surface area contributed by atoms with Crippen LogP contribution in [-0.4, -0.2) is 5.38 Å². The highest BCUT2D eigenvalue weighted by molar-refractivity contribution is 9.10. The van der Waals surface area contributed by atoms with E-state index in [0.717, 1.165) is 12.8 Å². The summed E-state index contributed by atoms with van der Waals surface area (Å²) in [5.74, 6) is -1.08. The first-order valence-electron chi connectivity index (χ1n) is 5.97. The van der Waals surface area contributed by atoms with E-state index in [1.165, 1.54) is 12.1 Å². The fourth-order valence-electron chi connectivity index (χ4n) is 1.67. The van der Waals surface area contributed by atoms with Crippen molar-refractivity contribution in [3.63, 3.8) is 0 Å². The third-order valence-corrected chi connectivity index (χ3v) is 3.76. The lowest BCUT2D eigenvalue weighted by molar-refractivity contribution is 0.361. The second-order valence-electron chi connectivity index (χ2n) is 5.72. The number of hydrogen-bond acceptors (Lipinski definition) is 0. The first-order valence-corrected chi connectivity index (χ1v) is 7.20. The summed E-state index contributed by atoms with van der Waals surface area (Å²) >= 11 is 9.23. The van der Waals surface area contributed by atoms with Gasteiger partial charge in [-0.05, 0) is 52.7 Å². The average Bonchev–Trinajstić information content (AvgIpc) is 2.26. The minimum atomic E-state index is -0.545. The van der Waals surface area contributed by atoms with Crippen LogP contribution in [0.2, 0.25) is 0 Å².